The fourth-order valence-corrected chi connectivity index (χ4v) is 1.41. The van der Waals surface area contributed by atoms with Crippen molar-refractivity contribution in [1.82, 2.24) is 5.32 Å². The summed E-state index contributed by atoms with van der Waals surface area (Å²) in [7, 11) is 1.58. The standard InChI is InChI=1S/C13H17ClN2O3/c1-9(14)13(18)15-8-7-12(17)16-10-3-5-11(19-2)6-4-10/h3-6,9H,7-8H2,1-2H3,(H,15,18)(H,16,17). The molecular formula is C13H17ClN2O3. The van der Waals surface area contributed by atoms with Gasteiger partial charge in [-0.1, -0.05) is 0 Å². The van der Waals surface area contributed by atoms with Gasteiger partial charge in [0.2, 0.25) is 11.8 Å². The first-order valence-corrected chi connectivity index (χ1v) is 6.32. The van der Waals surface area contributed by atoms with Crippen LogP contribution in [0.3, 0.4) is 0 Å². The molecule has 0 aliphatic heterocycles. The zero-order chi connectivity index (χ0) is 14.3. The number of hydrogen-bond donors (Lipinski definition) is 2. The van der Waals surface area contributed by atoms with E-state index in [1.54, 1.807) is 38.3 Å². The zero-order valence-electron chi connectivity index (χ0n) is 10.9. The van der Waals surface area contributed by atoms with Gasteiger partial charge in [0, 0.05) is 18.7 Å². The van der Waals surface area contributed by atoms with Crippen LogP contribution in [0.15, 0.2) is 24.3 Å². The number of alkyl halides is 1. The SMILES string of the molecule is COc1ccc(NC(=O)CCNC(=O)C(C)Cl)cc1. The first-order valence-electron chi connectivity index (χ1n) is 5.88. The smallest absolute Gasteiger partial charge is 0.237 e. The summed E-state index contributed by atoms with van der Waals surface area (Å²) < 4.78 is 5.02. The van der Waals surface area contributed by atoms with Crippen molar-refractivity contribution in [3.63, 3.8) is 0 Å². The van der Waals surface area contributed by atoms with E-state index in [9.17, 15) is 9.59 Å². The minimum atomic E-state index is -0.593. The van der Waals surface area contributed by atoms with E-state index in [2.05, 4.69) is 10.6 Å². The molecule has 1 rings (SSSR count). The molecule has 0 radical (unpaired) electrons. The molecule has 6 heteroatoms. The molecule has 0 saturated heterocycles. The Hall–Kier alpha value is -1.75. The van der Waals surface area contributed by atoms with E-state index < -0.39 is 5.38 Å². The molecule has 0 spiro atoms. The number of benzene rings is 1. The van der Waals surface area contributed by atoms with Crippen LogP contribution in [0.25, 0.3) is 0 Å². The van der Waals surface area contributed by atoms with Crippen LogP contribution in [-0.4, -0.2) is 30.8 Å². The molecule has 19 heavy (non-hydrogen) atoms. The van der Waals surface area contributed by atoms with Gasteiger partial charge in [-0.2, -0.15) is 0 Å². The van der Waals surface area contributed by atoms with Gasteiger partial charge in [-0.05, 0) is 31.2 Å². The lowest BCUT2D eigenvalue weighted by atomic mass is 10.3. The number of amides is 2. The van der Waals surface area contributed by atoms with Crippen molar-refractivity contribution in [3.8, 4) is 5.75 Å². The largest absolute Gasteiger partial charge is 0.497 e. The Morgan fingerprint density at radius 1 is 1.32 bits per heavy atom. The van der Waals surface area contributed by atoms with Crippen molar-refractivity contribution >= 4 is 29.1 Å². The molecule has 1 aromatic rings. The third kappa shape index (κ3) is 5.61. The topological polar surface area (TPSA) is 67.4 Å². The lowest BCUT2D eigenvalue weighted by molar-refractivity contribution is -0.120. The summed E-state index contributed by atoms with van der Waals surface area (Å²) in [6.07, 6.45) is 0.196. The Morgan fingerprint density at radius 2 is 1.95 bits per heavy atom. The summed E-state index contributed by atoms with van der Waals surface area (Å²) in [5, 5.41) is 4.69. The second-order valence-corrected chi connectivity index (χ2v) is 4.59. The highest BCUT2D eigenvalue weighted by atomic mass is 35.5. The fourth-order valence-electron chi connectivity index (χ4n) is 1.34. The van der Waals surface area contributed by atoms with Crippen LogP contribution in [0.1, 0.15) is 13.3 Å². The Bertz CT molecular complexity index is 432. The number of rotatable bonds is 6. The van der Waals surface area contributed by atoms with Crippen LogP contribution < -0.4 is 15.4 Å². The second kappa shape index (κ2) is 7.63. The summed E-state index contributed by atoms with van der Waals surface area (Å²) in [4.78, 5) is 22.8. The van der Waals surface area contributed by atoms with E-state index in [1.165, 1.54) is 0 Å². The molecule has 0 aliphatic rings. The third-order valence-electron chi connectivity index (χ3n) is 2.39. The number of anilines is 1. The van der Waals surface area contributed by atoms with Gasteiger partial charge in [-0.3, -0.25) is 9.59 Å². The summed E-state index contributed by atoms with van der Waals surface area (Å²) in [5.74, 6) is 0.271. The summed E-state index contributed by atoms with van der Waals surface area (Å²) in [6, 6.07) is 7.01. The maximum absolute atomic E-state index is 11.6. The van der Waals surface area contributed by atoms with Gasteiger partial charge >= 0.3 is 0 Å². The van der Waals surface area contributed by atoms with Crippen molar-refractivity contribution < 1.29 is 14.3 Å². The maximum Gasteiger partial charge on any atom is 0.237 e. The predicted molar refractivity (Wildman–Crippen MR) is 74.6 cm³/mol. The van der Waals surface area contributed by atoms with Crippen molar-refractivity contribution in [3.05, 3.63) is 24.3 Å². The van der Waals surface area contributed by atoms with Gasteiger partial charge in [-0.15, -0.1) is 11.6 Å². The molecule has 0 aliphatic carbocycles. The number of carbonyl (C=O) groups excluding carboxylic acids is 2. The molecule has 5 nitrogen and oxygen atoms in total. The number of ether oxygens (including phenoxy) is 1. The molecule has 0 fully saturated rings. The molecule has 2 N–H and O–H groups in total. The quantitative estimate of drug-likeness (QED) is 0.782. The van der Waals surface area contributed by atoms with Crippen LogP contribution in [0.5, 0.6) is 5.75 Å². The fraction of sp³-hybridized carbons (Fsp3) is 0.385. The molecule has 104 valence electrons. The third-order valence-corrected chi connectivity index (χ3v) is 2.58. The van der Waals surface area contributed by atoms with E-state index >= 15 is 0 Å². The summed E-state index contributed by atoms with van der Waals surface area (Å²) in [6.45, 7) is 1.84. The van der Waals surface area contributed by atoms with E-state index in [1.807, 2.05) is 0 Å². The van der Waals surface area contributed by atoms with Gasteiger partial charge in [0.05, 0.1) is 7.11 Å². The molecule has 2 amide bonds. The summed E-state index contributed by atoms with van der Waals surface area (Å²) >= 11 is 5.58. The monoisotopic (exact) mass is 284 g/mol. The van der Waals surface area contributed by atoms with Gasteiger partial charge in [0.25, 0.3) is 0 Å². The minimum Gasteiger partial charge on any atom is -0.497 e. The molecule has 0 aromatic heterocycles. The van der Waals surface area contributed by atoms with E-state index in [0.29, 0.717) is 5.69 Å². The van der Waals surface area contributed by atoms with E-state index in [0.717, 1.165) is 5.75 Å². The molecule has 1 aromatic carbocycles. The van der Waals surface area contributed by atoms with Crippen LogP contribution in [0, 0.1) is 0 Å². The van der Waals surface area contributed by atoms with Crippen LogP contribution >= 0.6 is 11.6 Å². The Kier molecular flexibility index (Phi) is 6.15. The van der Waals surface area contributed by atoms with E-state index in [4.69, 9.17) is 16.3 Å². The Labute approximate surface area is 117 Å². The highest BCUT2D eigenvalue weighted by molar-refractivity contribution is 6.30. The number of halogens is 1. The molecule has 1 atom stereocenters. The highest BCUT2D eigenvalue weighted by Gasteiger charge is 2.09. The summed E-state index contributed by atoms with van der Waals surface area (Å²) in [5.41, 5.74) is 0.683. The highest BCUT2D eigenvalue weighted by Crippen LogP contribution is 2.14. The zero-order valence-corrected chi connectivity index (χ0v) is 11.7. The van der Waals surface area contributed by atoms with Crippen molar-refractivity contribution in [2.45, 2.75) is 18.7 Å². The lowest BCUT2D eigenvalue weighted by Gasteiger charge is -2.08. The second-order valence-electron chi connectivity index (χ2n) is 3.93. The normalized spacial score (nSPS) is 11.5. The number of carbonyl (C=O) groups is 2. The first-order chi connectivity index (χ1) is 9.02. The van der Waals surface area contributed by atoms with Crippen LogP contribution in [0.4, 0.5) is 5.69 Å². The first kappa shape index (κ1) is 15.3. The van der Waals surface area contributed by atoms with Gasteiger partial charge in [0.15, 0.2) is 0 Å². The molecule has 1 unspecified atom stereocenters. The van der Waals surface area contributed by atoms with E-state index in [-0.39, 0.29) is 24.8 Å². The molecule has 0 saturated carbocycles. The van der Waals surface area contributed by atoms with Crippen LogP contribution in [0.2, 0.25) is 0 Å². The maximum atomic E-state index is 11.6. The molecule has 0 heterocycles. The average molecular weight is 285 g/mol. The van der Waals surface area contributed by atoms with Gasteiger partial charge in [-0.25, -0.2) is 0 Å². The van der Waals surface area contributed by atoms with Crippen molar-refractivity contribution in [2.75, 3.05) is 19.0 Å². The van der Waals surface area contributed by atoms with Gasteiger partial charge < -0.3 is 15.4 Å². The molecule has 0 bridgehead atoms. The minimum absolute atomic E-state index is 0.173. The predicted octanol–water partition coefficient (Wildman–Crippen LogP) is 1.77. The Balaban J connectivity index is 2.32. The average Bonchev–Trinajstić information content (AvgIpc) is 2.39. The lowest BCUT2D eigenvalue weighted by Crippen LogP contribution is -2.32. The van der Waals surface area contributed by atoms with Crippen LogP contribution in [-0.2, 0) is 9.59 Å². The molecular weight excluding hydrogens is 268 g/mol. The number of methoxy groups -OCH3 is 1. The van der Waals surface area contributed by atoms with Crippen molar-refractivity contribution in [1.29, 1.82) is 0 Å². The number of nitrogens with one attached hydrogen (secondary N) is 2. The van der Waals surface area contributed by atoms with Gasteiger partial charge in [0.1, 0.15) is 11.1 Å². The van der Waals surface area contributed by atoms with Crippen molar-refractivity contribution in [2.24, 2.45) is 0 Å². The Morgan fingerprint density at radius 3 is 2.47 bits per heavy atom. The number of hydrogen-bond acceptors (Lipinski definition) is 3.